The van der Waals surface area contributed by atoms with E-state index in [2.05, 4.69) is 22.0 Å². The summed E-state index contributed by atoms with van der Waals surface area (Å²) in [5, 5.41) is 4.12. The minimum atomic E-state index is 0.277. The second-order valence-electron chi connectivity index (χ2n) is 5.79. The Morgan fingerprint density at radius 1 is 1.21 bits per heavy atom. The van der Waals surface area contributed by atoms with Crippen molar-refractivity contribution in [3.8, 4) is 0 Å². The molecule has 1 aromatic rings. The molecule has 0 aliphatic carbocycles. The van der Waals surface area contributed by atoms with Crippen LogP contribution in [0.1, 0.15) is 64.2 Å². The highest BCUT2D eigenvalue weighted by molar-refractivity contribution is 5.28. The van der Waals surface area contributed by atoms with E-state index < -0.39 is 0 Å². The maximum atomic E-state index is 5.76. The Hall–Kier alpha value is -1.10. The molecule has 5 nitrogen and oxygen atoms in total. The van der Waals surface area contributed by atoms with Crippen LogP contribution in [0.4, 0.5) is 5.95 Å². The Labute approximate surface area is 115 Å². The largest absolute Gasteiger partial charge is 0.338 e. The molecule has 5 heteroatoms. The van der Waals surface area contributed by atoms with Gasteiger partial charge in [0.05, 0.1) is 0 Å². The zero-order chi connectivity index (χ0) is 13.7. The van der Waals surface area contributed by atoms with E-state index in [4.69, 9.17) is 10.3 Å². The van der Waals surface area contributed by atoms with Gasteiger partial charge >= 0.3 is 0 Å². The zero-order valence-electron chi connectivity index (χ0n) is 12.1. The Bertz CT molecular complexity index is 371. The second-order valence-corrected chi connectivity index (χ2v) is 5.79. The molecule has 0 radical (unpaired) electrons. The lowest BCUT2D eigenvalue weighted by atomic mass is 10.0. The number of hydrogen-bond acceptors (Lipinski definition) is 5. The lowest BCUT2D eigenvalue weighted by molar-refractivity contribution is 0.348. The predicted octanol–water partition coefficient (Wildman–Crippen LogP) is 2.68. The van der Waals surface area contributed by atoms with Gasteiger partial charge in [-0.25, -0.2) is 0 Å². The van der Waals surface area contributed by atoms with Gasteiger partial charge in [-0.15, -0.1) is 0 Å². The van der Waals surface area contributed by atoms with Crippen molar-refractivity contribution in [3.63, 3.8) is 0 Å². The Kier molecular flexibility index (Phi) is 5.19. The number of aromatic nitrogens is 2. The summed E-state index contributed by atoms with van der Waals surface area (Å²) in [5.41, 5.74) is 5.76. The van der Waals surface area contributed by atoms with Crippen LogP contribution in [0.15, 0.2) is 4.52 Å². The normalized spacial score (nSPS) is 19.4. The molecule has 1 aromatic heterocycles. The molecular formula is C14H26N4O. The molecule has 0 aromatic carbocycles. The highest BCUT2D eigenvalue weighted by Crippen LogP contribution is 2.23. The third kappa shape index (κ3) is 4.20. The Morgan fingerprint density at radius 3 is 2.63 bits per heavy atom. The van der Waals surface area contributed by atoms with Gasteiger partial charge in [0.15, 0.2) is 0 Å². The van der Waals surface area contributed by atoms with Crippen LogP contribution in [0.3, 0.4) is 0 Å². The summed E-state index contributed by atoms with van der Waals surface area (Å²) in [6.45, 7) is 6.30. The van der Waals surface area contributed by atoms with Crippen molar-refractivity contribution >= 4 is 5.95 Å². The molecule has 2 N–H and O–H groups in total. The molecule has 2 rings (SSSR count). The van der Waals surface area contributed by atoms with Crippen molar-refractivity contribution in [2.45, 2.75) is 64.3 Å². The fourth-order valence-corrected chi connectivity index (χ4v) is 2.52. The van der Waals surface area contributed by atoms with E-state index in [0.717, 1.165) is 44.2 Å². The first-order valence-corrected chi connectivity index (χ1v) is 7.51. The summed E-state index contributed by atoms with van der Waals surface area (Å²) >= 11 is 0. The SMILES string of the molecule is CC(N)CCCC(C)c1nc(N2CCCCC2)no1. The highest BCUT2D eigenvalue weighted by Gasteiger charge is 2.19. The van der Waals surface area contributed by atoms with Crippen molar-refractivity contribution in [1.82, 2.24) is 10.1 Å². The lowest BCUT2D eigenvalue weighted by Gasteiger charge is -2.24. The number of piperidine rings is 1. The molecule has 1 fully saturated rings. The van der Waals surface area contributed by atoms with E-state index in [1.807, 2.05) is 6.92 Å². The lowest BCUT2D eigenvalue weighted by Crippen LogP contribution is -2.30. The van der Waals surface area contributed by atoms with Gasteiger partial charge in [-0.2, -0.15) is 4.98 Å². The molecule has 0 amide bonds. The van der Waals surface area contributed by atoms with Gasteiger partial charge < -0.3 is 15.2 Å². The van der Waals surface area contributed by atoms with E-state index >= 15 is 0 Å². The molecular weight excluding hydrogens is 240 g/mol. The second kappa shape index (κ2) is 6.89. The Balaban J connectivity index is 1.85. The van der Waals surface area contributed by atoms with Gasteiger partial charge in [-0.05, 0) is 44.2 Å². The van der Waals surface area contributed by atoms with Crippen LogP contribution < -0.4 is 10.6 Å². The average molecular weight is 266 g/mol. The number of nitrogens with zero attached hydrogens (tertiary/aromatic N) is 3. The van der Waals surface area contributed by atoms with Crippen molar-refractivity contribution < 1.29 is 4.52 Å². The van der Waals surface area contributed by atoms with Gasteiger partial charge in [-0.3, -0.25) is 0 Å². The third-order valence-corrected chi connectivity index (χ3v) is 3.79. The molecule has 1 aliphatic heterocycles. The van der Waals surface area contributed by atoms with Crippen molar-refractivity contribution in [1.29, 1.82) is 0 Å². The molecule has 2 atom stereocenters. The maximum absolute atomic E-state index is 5.76. The van der Waals surface area contributed by atoms with E-state index in [9.17, 15) is 0 Å². The quantitative estimate of drug-likeness (QED) is 0.857. The predicted molar refractivity (Wildman–Crippen MR) is 76.3 cm³/mol. The van der Waals surface area contributed by atoms with Crippen molar-refractivity contribution in [2.24, 2.45) is 5.73 Å². The molecule has 0 spiro atoms. The molecule has 108 valence electrons. The third-order valence-electron chi connectivity index (χ3n) is 3.79. The minimum absolute atomic E-state index is 0.277. The summed E-state index contributed by atoms with van der Waals surface area (Å²) in [4.78, 5) is 6.78. The number of anilines is 1. The van der Waals surface area contributed by atoms with E-state index in [0.29, 0.717) is 5.92 Å². The van der Waals surface area contributed by atoms with E-state index in [1.165, 1.54) is 19.3 Å². The standard InChI is InChI=1S/C14H26N4O/c1-11(7-6-8-12(2)15)13-16-14(17-19-13)18-9-4-3-5-10-18/h11-12H,3-10,15H2,1-2H3. The smallest absolute Gasteiger partial charge is 0.266 e. The van der Waals surface area contributed by atoms with Crippen molar-refractivity contribution in [2.75, 3.05) is 18.0 Å². The molecule has 19 heavy (non-hydrogen) atoms. The summed E-state index contributed by atoms with van der Waals surface area (Å²) in [7, 11) is 0. The number of hydrogen-bond donors (Lipinski definition) is 1. The fourth-order valence-electron chi connectivity index (χ4n) is 2.52. The van der Waals surface area contributed by atoms with Gasteiger partial charge in [0.25, 0.3) is 5.95 Å². The monoisotopic (exact) mass is 266 g/mol. The Morgan fingerprint density at radius 2 is 1.95 bits per heavy atom. The highest BCUT2D eigenvalue weighted by atomic mass is 16.5. The maximum Gasteiger partial charge on any atom is 0.266 e. The average Bonchev–Trinajstić information content (AvgIpc) is 2.89. The molecule has 0 bridgehead atoms. The van der Waals surface area contributed by atoms with Crippen LogP contribution in [-0.4, -0.2) is 29.3 Å². The van der Waals surface area contributed by atoms with Crippen LogP contribution in [0.2, 0.25) is 0 Å². The molecule has 2 unspecified atom stereocenters. The topological polar surface area (TPSA) is 68.2 Å². The number of nitrogens with two attached hydrogens (primary N) is 1. The van der Waals surface area contributed by atoms with Crippen LogP contribution in [0.5, 0.6) is 0 Å². The minimum Gasteiger partial charge on any atom is -0.338 e. The van der Waals surface area contributed by atoms with Crippen LogP contribution in [0.25, 0.3) is 0 Å². The van der Waals surface area contributed by atoms with Gasteiger partial charge in [0.1, 0.15) is 0 Å². The molecule has 1 saturated heterocycles. The molecule has 1 aliphatic rings. The van der Waals surface area contributed by atoms with Crippen LogP contribution >= 0.6 is 0 Å². The zero-order valence-corrected chi connectivity index (χ0v) is 12.1. The number of rotatable bonds is 6. The van der Waals surface area contributed by atoms with E-state index in [-0.39, 0.29) is 6.04 Å². The first-order valence-electron chi connectivity index (χ1n) is 7.51. The summed E-state index contributed by atoms with van der Waals surface area (Å²) in [5.74, 6) is 1.86. The van der Waals surface area contributed by atoms with E-state index in [1.54, 1.807) is 0 Å². The first-order chi connectivity index (χ1) is 9.16. The first kappa shape index (κ1) is 14.3. The summed E-state index contributed by atoms with van der Waals surface area (Å²) in [6.07, 6.45) is 7.00. The summed E-state index contributed by atoms with van der Waals surface area (Å²) < 4.78 is 5.40. The van der Waals surface area contributed by atoms with Crippen LogP contribution in [-0.2, 0) is 0 Å². The van der Waals surface area contributed by atoms with Gasteiger partial charge in [0, 0.05) is 25.0 Å². The van der Waals surface area contributed by atoms with Crippen LogP contribution in [0, 0.1) is 0 Å². The molecule has 0 saturated carbocycles. The van der Waals surface area contributed by atoms with Gasteiger partial charge in [0.2, 0.25) is 5.89 Å². The fraction of sp³-hybridized carbons (Fsp3) is 0.857. The van der Waals surface area contributed by atoms with Crippen molar-refractivity contribution in [3.05, 3.63) is 5.89 Å². The summed E-state index contributed by atoms with van der Waals surface area (Å²) in [6, 6.07) is 0.277. The van der Waals surface area contributed by atoms with Gasteiger partial charge in [-0.1, -0.05) is 13.3 Å². The molecule has 2 heterocycles.